The van der Waals surface area contributed by atoms with E-state index in [4.69, 9.17) is 0 Å². The molecule has 25 heavy (non-hydrogen) atoms. The van der Waals surface area contributed by atoms with Crippen molar-refractivity contribution in [2.45, 2.75) is 13.8 Å². The molecule has 0 atom stereocenters. The van der Waals surface area contributed by atoms with E-state index in [-0.39, 0.29) is 5.76 Å². The van der Waals surface area contributed by atoms with Crippen molar-refractivity contribution < 1.29 is 5.11 Å². The van der Waals surface area contributed by atoms with Gasteiger partial charge in [-0.3, -0.25) is 4.90 Å². The summed E-state index contributed by atoms with van der Waals surface area (Å²) >= 11 is 0. The Hall–Kier alpha value is -2.48. The van der Waals surface area contributed by atoms with Crippen LogP contribution in [0.3, 0.4) is 0 Å². The van der Waals surface area contributed by atoms with Crippen LogP contribution in [0.1, 0.15) is 19.4 Å². The van der Waals surface area contributed by atoms with Gasteiger partial charge in [0.1, 0.15) is 5.76 Å². The van der Waals surface area contributed by atoms with Crippen molar-refractivity contribution >= 4 is 16.5 Å². The minimum absolute atomic E-state index is 0.258. The SMILES string of the molecule is C=C=C(CN(CC)CC)/C(=C(\O)c1ccc2ccccc2c1)N(C)C. The van der Waals surface area contributed by atoms with Crippen LogP contribution in [0, 0.1) is 0 Å². The lowest BCUT2D eigenvalue weighted by atomic mass is 10.0. The summed E-state index contributed by atoms with van der Waals surface area (Å²) in [4.78, 5) is 4.21. The molecule has 2 aromatic rings. The highest BCUT2D eigenvalue weighted by Crippen LogP contribution is 2.26. The van der Waals surface area contributed by atoms with Gasteiger partial charge in [0.05, 0.1) is 5.70 Å². The van der Waals surface area contributed by atoms with E-state index in [2.05, 4.69) is 43.2 Å². The fourth-order valence-corrected chi connectivity index (χ4v) is 2.98. The number of aliphatic hydroxyl groups is 1. The van der Waals surface area contributed by atoms with E-state index >= 15 is 0 Å². The third kappa shape index (κ3) is 4.33. The lowest BCUT2D eigenvalue weighted by Crippen LogP contribution is -2.28. The van der Waals surface area contributed by atoms with Crippen LogP contribution in [0.5, 0.6) is 0 Å². The van der Waals surface area contributed by atoms with Gasteiger partial charge in [-0.25, -0.2) is 0 Å². The normalized spacial score (nSPS) is 12.0. The number of hydrogen-bond acceptors (Lipinski definition) is 3. The minimum atomic E-state index is 0.258. The van der Waals surface area contributed by atoms with E-state index in [9.17, 15) is 5.11 Å². The molecule has 3 nitrogen and oxygen atoms in total. The minimum Gasteiger partial charge on any atom is -0.505 e. The number of nitrogens with zero attached hydrogens (tertiary/aromatic N) is 2. The molecule has 0 heterocycles. The predicted octanol–water partition coefficient (Wildman–Crippen LogP) is 4.68. The first kappa shape index (κ1) is 18.9. The Morgan fingerprint density at radius 3 is 2.24 bits per heavy atom. The molecule has 0 aliphatic heterocycles. The van der Waals surface area contributed by atoms with Crippen molar-refractivity contribution in [3.8, 4) is 0 Å². The van der Waals surface area contributed by atoms with E-state index in [1.54, 1.807) is 0 Å². The topological polar surface area (TPSA) is 26.7 Å². The highest BCUT2D eigenvalue weighted by Gasteiger charge is 2.17. The van der Waals surface area contributed by atoms with Gasteiger partial charge in [0.15, 0.2) is 0 Å². The molecule has 0 aliphatic rings. The Morgan fingerprint density at radius 1 is 1.04 bits per heavy atom. The molecule has 1 N–H and O–H groups in total. The molecule has 0 saturated heterocycles. The molecule has 0 radical (unpaired) electrons. The first-order valence-electron chi connectivity index (χ1n) is 8.73. The number of likely N-dealkylation sites (N-methyl/N-ethyl adjacent to an activating group) is 2. The van der Waals surface area contributed by atoms with Crippen LogP contribution in [-0.2, 0) is 0 Å². The summed E-state index contributed by atoms with van der Waals surface area (Å²) in [5, 5.41) is 13.3. The molecule has 0 saturated carbocycles. The Bertz CT molecular complexity index is 810. The maximum absolute atomic E-state index is 11.0. The van der Waals surface area contributed by atoms with Crippen LogP contribution in [0.15, 0.2) is 66.0 Å². The summed E-state index contributed by atoms with van der Waals surface area (Å²) in [7, 11) is 3.87. The quantitative estimate of drug-likeness (QED) is 0.452. The van der Waals surface area contributed by atoms with Gasteiger partial charge < -0.3 is 10.0 Å². The van der Waals surface area contributed by atoms with Crippen LogP contribution >= 0.6 is 0 Å². The second kappa shape index (κ2) is 8.57. The summed E-state index contributed by atoms with van der Waals surface area (Å²) in [6.45, 7) is 10.7. The third-order valence-electron chi connectivity index (χ3n) is 4.47. The van der Waals surface area contributed by atoms with Crippen LogP contribution in [0.25, 0.3) is 16.5 Å². The molecular weight excluding hydrogens is 308 g/mol. The van der Waals surface area contributed by atoms with Gasteiger partial charge in [0.25, 0.3) is 0 Å². The zero-order valence-electron chi connectivity index (χ0n) is 15.7. The Balaban J connectivity index is 2.52. The molecule has 2 rings (SSSR count). The zero-order chi connectivity index (χ0) is 18.4. The van der Waals surface area contributed by atoms with Crippen LogP contribution in [-0.4, -0.2) is 48.6 Å². The zero-order valence-corrected chi connectivity index (χ0v) is 15.7. The maximum Gasteiger partial charge on any atom is 0.147 e. The highest BCUT2D eigenvalue weighted by atomic mass is 16.3. The fraction of sp³-hybridized carbons (Fsp3) is 0.318. The molecule has 0 aliphatic carbocycles. The van der Waals surface area contributed by atoms with Crippen molar-refractivity contribution in [1.29, 1.82) is 0 Å². The van der Waals surface area contributed by atoms with Crippen molar-refractivity contribution in [1.82, 2.24) is 9.80 Å². The summed E-state index contributed by atoms with van der Waals surface area (Å²) in [6.07, 6.45) is 0. The Labute approximate surface area is 151 Å². The Kier molecular flexibility index (Phi) is 6.46. The van der Waals surface area contributed by atoms with Crippen molar-refractivity contribution in [2.24, 2.45) is 0 Å². The summed E-state index contributed by atoms with van der Waals surface area (Å²) in [5.41, 5.74) is 5.50. The standard InChI is InChI=1S/C22H28N2O/c1-6-17(16-24(7-2)8-3)21(23(4)5)22(25)20-14-13-18-11-9-10-12-19(18)15-20/h9-15,25H,1,7-8,16H2,2-5H3/b22-21+. The lowest BCUT2D eigenvalue weighted by molar-refractivity contribution is 0.325. The van der Waals surface area contributed by atoms with Gasteiger partial charge in [0.2, 0.25) is 0 Å². The van der Waals surface area contributed by atoms with E-state index in [0.29, 0.717) is 6.54 Å². The maximum atomic E-state index is 11.0. The molecule has 0 aromatic heterocycles. The van der Waals surface area contributed by atoms with Crippen LogP contribution < -0.4 is 0 Å². The molecular formula is C22H28N2O. The fourth-order valence-electron chi connectivity index (χ4n) is 2.98. The first-order chi connectivity index (χ1) is 12.0. The lowest BCUT2D eigenvalue weighted by Gasteiger charge is -2.25. The Morgan fingerprint density at radius 2 is 1.68 bits per heavy atom. The van der Waals surface area contributed by atoms with Gasteiger partial charge in [-0.1, -0.05) is 56.8 Å². The number of benzene rings is 2. The smallest absolute Gasteiger partial charge is 0.147 e. The summed E-state index contributed by atoms with van der Waals surface area (Å²) in [5.74, 6) is 0.258. The number of hydrogen-bond donors (Lipinski definition) is 1. The van der Waals surface area contributed by atoms with E-state index in [1.165, 1.54) is 0 Å². The predicted molar refractivity (Wildman–Crippen MR) is 108 cm³/mol. The van der Waals surface area contributed by atoms with Crippen molar-refractivity contribution in [3.63, 3.8) is 0 Å². The van der Waals surface area contributed by atoms with Crippen molar-refractivity contribution in [2.75, 3.05) is 33.7 Å². The number of rotatable bonds is 7. The van der Waals surface area contributed by atoms with Gasteiger partial charge in [-0.15, -0.1) is 5.73 Å². The van der Waals surface area contributed by atoms with E-state index in [0.717, 1.165) is 40.7 Å². The average Bonchev–Trinajstić information content (AvgIpc) is 2.63. The third-order valence-corrected chi connectivity index (χ3v) is 4.47. The van der Waals surface area contributed by atoms with Crippen LogP contribution in [0.4, 0.5) is 0 Å². The molecule has 0 fully saturated rings. The summed E-state index contributed by atoms with van der Waals surface area (Å²) < 4.78 is 0. The largest absolute Gasteiger partial charge is 0.505 e. The highest BCUT2D eigenvalue weighted by molar-refractivity contribution is 5.86. The second-order valence-electron chi connectivity index (χ2n) is 6.27. The number of fused-ring (bicyclic) bond motifs is 1. The van der Waals surface area contributed by atoms with Gasteiger partial charge in [-0.05, 0) is 29.9 Å². The molecule has 0 spiro atoms. The monoisotopic (exact) mass is 336 g/mol. The van der Waals surface area contributed by atoms with E-state index < -0.39 is 0 Å². The number of aliphatic hydroxyl groups excluding tert-OH is 1. The molecule has 3 heteroatoms. The molecule has 0 unspecified atom stereocenters. The molecule has 0 bridgehead atoms. The molecule has 0 amide bonds. The first-order valence-corrected chi connectivity index (χ1v) is 8.73. The van der Waals surface area contributed by atoms with Gasteiger partial charge in [0, 0.05) is 31.8 Å². The summed E-state index contributed by atoms with van der Waals surface area (Å²) in [6, 6.07) is 14.2. The molecule has 2 aromatic carbocycles. The van der Waals surface area contributed by atoms with Crippen LogP contribution in [0.2, 0.25) is 0 Å². The van der Waals surface area contributed by atoms with E-state index in [1.807, 2.05) is 49.3 Å². The average molecular weight is 336 g/mol. The second-order valence-corrected chi connectivity index (χ2v) is 6.27. The van der Waals surface area contributed by atoms with Gasteiger partial charge in [-0.2, -0.15) is 0 Å². The van der Waals surface area contributed by atoms with Gasteiger partial charge >= 0.3 is 0 Å². The van der Waals surface area contributed by atoms with Crippen molar-refractivity contribution in [3.05, 3.63) is 71.6 Å². The molecule has 132 valence electrons.